The van der Waals surface area contributed by atoms with Crippen LogP contribution < -0.4 is 0 Å². The molecule has 0 aromatic rings. The molecule has 0 aliphatic carbocycles. The van der Waals surface area contributed by atoms with Gasteiger partial charge in [0.15, 0.2) is 0 Å². The van der Waals surface area contributed by atoms with E-state index >= 15 is 0 Å². The van der Waals surface area contributed by atoms with Gasteiger partial charge in [-0.2, -0.15) is 0 Å². The molecule has 0 bridgehead atoms. The van der Waals surface area contributed by atoms with Gasteiger partial charge in [0.2, 0.25) is 0 Å². The lowest BCUT2D eigenvalue weighted by Crippen LogP contribution is -2.47. The van der Waals surface area contributed by atoms with Gasteiger partial charge in [0, 0.05) is 12.0 Å². The van der Waals surface area contributed by atoms with E-state index in [0.717, 1.165) is 18.8 Å². The fourth-order valence-electron chi connectivity index (χ4n) is 2.29. The Balaban J connectivity index is 2.65. The first-order valence-corrected chi connectivity index (χ1v) is 7.27. The molecular formula is C15H28ClNO. The zero-order chi connectivity index (χ0) is 14.0. The Labute approximate surface area is 117 Å². The summed E-state index contributed by atoms with van der Waals surface area (Å²) in [7, 11) is 0. The Kier molecular flexibility index (Phi) is 5.13. The van der Waals surface area contributed by atoms with Gasteiger partial charge in [-0.15, -0.1) is 0 Å². The van der Waals surface area contributed by atoms with Gasteiger partial charge >= 0.3 is 0 Å². The van der Waals surface area contributed by atoms with Crippen LogP contribution in [0.5, 0.6) is 0 Å². The lowest BCUT2D eigenvalue weighted by molar-refractivity contribution is 0.0101. The molecule has 1 heterocycles. The van der Waals surface area contributed by atoms with Gasteiger partial charge in [-0.05, 0) is 64.3 Å². The summed E-state index contributed by atoms with van der Waals surface area (Å²) in [5, 5.41) is 0. The van der Waals surface area contributed by atoms with Crippen LogP contribution in [-0.4, -0.2) is 21.6 Å². The average molecular weight is 274 g/mol. The second kappa shape index (κ2) is 5.83. The maximum absolute atomic E-state index is 6.59. The summed E-state index contributed by atoms with van der Waals surface area (Å²) < 4.78 is 7.57. The monoisotopic (exact) mass is 273 g/mol. The number of rotatable bonds is 5. The van der Waals surface area contributed by atoms with Crippen molar-refractivity contribution in [1.29, 1.82) is 0 Å². The maximum Gasteiger partial charge on any atom is 0.104 e. The fraction of sp³-hybridized carbons (Fsp3) is 0.867. The predicted octanol–water partition coefficient (Wildman–Crippen LogP) is 4.74. The van der Waals surface area contributed by atoms with E-state index in [2.05, 4.69) is 47.6 Å². The molecule has 0 spiro atoms. The second-order valence-electron chi connectivity index (χ2n) is 7.03. The van der Waals surface area contributed by atoms with Gasteiger partial charge in [0.05, 0.1) is 12.3 Å². The van der Waals surface area contributed by atoms with E-state index in [4.69, 9.17) is 16.5 Å². The summed E-state index contributed by atoms with van der Waals surface area (Å²) in [4.78, 5) is 0. The van der Waals surface area contributed by atoms with Crippen LogP contribution in [0.3, 0.4) is 0 Å². The molecule has 2 nitrogen and oxygen atoms in total. The third-order valence-electron chi connectivity index (χ3n) is 3.59. The first kappa shape index (κ1) is 15.8. The van der Waals surface area contributed by atoms with E-state index in [9.17, 15) is 0 Å². The minimum Gasteiger partial charge on any atom is -0.496 e. The third-order valence-corrected chi connectivity index (χ3v) is 4.30. The van der Waals surface area contributed by atoms with Crippen molar-refractivity contribution in [2.75, 3.05) is 0 Å². The highest BCUT2D eigenvalue weighted by Crippen LogP contribution is 2.33. The molecule has 1 aliphatic rings. The van der Waals surface area contributed by atoms with Crippen molar-refractivity contribution in [3.05, 3.63) is 12.3 Å². The second-order valence-corrected chi connectivity index (χ2v) is 7.40. The molecule has 18 heavy (non-hydrogen) atoms. The van der Waals surface area contributed by atoms with Gasteiger partial charge in [0.25, 0.3) is 0 Å². The van der Waals surface area contributed by atoms with E-state index < -0.39 is 0 Å². The van der Waals surface area contributed by atoms with Crippen molar-refractivity contribution in [2.45, 2.75) is 78.0 Å². The van der Waals surface area contributed by atoms with Crippen molar-refractivity contribution in [2.24, 2.45) is 5.92 Å². The van der Waals surface area contributed by atoms with E-state index in [1.807, 2.05) is 4.42 Å². The van der Waals surface area contributed by atoms with E-state index in [-0.39, 0.29) is 17.2 Å². The largest absolute Gasteiger partial charge is 0.496 e. The molecule has 0 fully saturated rings. The van der Waals surface area contributed by atoms with Crippen LogP contribution >= 0.6 is 11.8 Å². The number of ether oxygens (including phenoxy) is 1. The Bertz CT molecular complexity index is 297. The van der Waals surface area contributed by atoms with Gasteiger partial charge in [-0.1, -0.05) is 13.8 Å². The highest BCUT2D eigenvalue weighted by molar-refractivity contribution is 6.14. The quantitative estimate of drug-likeness (QED) is 0.671. The molecule has 1 rings (SSSR count). The van der Waals surface area contributed by atoms with Crippen LogP contribution in [-0.2, 0) is 4.74 Å². The molecule has 0 aromatic heterocycles. The third kappa shape index (κ3) is 4.47. The van der Waals surface area contributed by atoms with Crippen molar-refractivity contribution >= 4 is 11.8 Å². The first-order valence-electron chi connectivity index (χ1n) is 6.94. The molecule has 0 amide bonds. The molecule has 0 saturated carbocycles. The Hall–Kier alpha value is -0.210. The highest BCUT2D eigenvalue weighted by atomic mass is 35.5. The smallest absolute Gasteiger partial charge is 0.104 e. The summed E-state index contributed by atoms with van der Waals surface area (Å²) in [5.41, 5.74) is -0.116. The Morgan fingerprint density at radius 2 is 2.06 bits per heavy atom. The van der Waals surface area contributed by atoms with Crippen LogP contribution in [0.1, 0.15) is 60.8 Å². The zero-order valence-electron chi connectivity index (χ0n) is 12.7. The Morgan fingerprint density at radius 3 is 2.56 bits per heavy atom. The minimum atomic E-state index is -0.124. The molecule has 0 radical (unpaired) electrons. The lowest BCUT2D eigenvalue weighted by atomic mass is 9.90. The molecule has 1 atom stereocenters. The lowest BCUT2D eigenvalue weighted by Gasteiger charge is -2.42. The van der Waals surface area contributed by atoms with Crippen LogP contribution in [0.2, 0.25) is 0 Å². The predicted molar refractivity (Wildman–Crippen MR) is 78.6 cm³/mol. The average Bonchev–Trinajstić information content (AvgIpc) is 2.24. The molecule has 1 aliphatic heterocycles. The molecule has 0 aromatic carbocycles. The van der Waals surface area contributed by atoms with Crippen LogP contribution in [0.15, 0.2) is 12.3 Å². The molecule has 106 valence electrons. The highest BCUT2D eigenvalue weighted by Gasteiger charge is 2.36. The van der Waals surface area contributed by atoms with Crippen molar-refractivity contribution in [1.82, 2.24) is 4.42 Å². The molecule has 3 heteroatoms. The summed E-state index contributed by atoms with van der Waals surface area (Å²) >= 11 is 6.59. The number of hydrogen-bond donors (Lipinski definition) is 0. The maximum atomic E-state index is 6.59. The summed E-state index contributed by atoms with van der Waals surface area (Å²) in [6.07, 6.45) is 7.10. The first-order chi connectivity index (χ1) is 8.14. The van der Waals surface area contributed by atoms with Gasteiger partial charge in [-0.25, -0.2) is 4.42 Å². The van der Waals surface area contributed by atoms with Crippen molar-refractivity contribution in [3.63, 3.8) is 0 Å². The van der Waals surface area contributed by atoms with Gasteiger partial charge in [-0.3, -0.25) is 0 Å². The van der Waals surface area contributed by atoms with Crippen LogP contribution in [0.25, 0.3) is 0 Å². The number of hydrogen-bond acceptors (Lipinski definition) is 2. The fourth-order valence-corrected chi connectivity index (χ4v) is 2.51. The van der Waals surface area contributed by atoms with Crippen LogP contribution in [0, 0.1) is 5.92 Å². The Morgan fingerprint density at radius 1 is 1.44 bits per heavy atom. The summed E-state index contributed by atoms with van der Waals surface area (Å²) in [6, 6.07) is 0.248. The van der Waals surface area contributed by atoms with Crippen LogP contribution in [0.4, 0.5) is 0 Å². The minimum absolute atomic E-state index is 0.00819. The summed E-state index contributed by atoms with van der Waals surface area (Å²) in [5.74, 6) is 0.719. The van der Waals surface area contributed by atoms with Crippen molar-refractivity contribution in [3.8, 4) is 0 Å². The van der Waals surface area contributed by atoms with E-state index in [1.165, 1.54) is 6.42 Å². The number of nitrogens with zero attached hydrogens (tertiary/aromatic N) is 1. The van der Waals surface area contributed by atoms with Gasteiger partial charge in [0.1, 0.15) is 5.60 Å². The zero-order valence-corrected chi connectivity index (χ0v) is 13.4. The molecule has 0 N–H and O–H groups in total. The van der Waals surface area contributed by atoms with E-state index in [1.54, 1.807) is 6.26 Å². The molecular weight excluding hydrogens is 246 g/mol. The van der Waals surface area contributed by atoms with E-state index in [0.29, 0.717) is 0 Å². The van der Waals surface area contributed by atoms with Crippen molar-refractivity contribution < 1.29 is 4.74 Å². The molecule has 1 unspecified atom stereocenters. The number of halogens is 1. The van der Waals surface area contributed by atoms with Gasteiger partial charge < -0.3 is 4.74 Å². The topological polar surface area (TPSA) is 12.5 Å². The molecule has 0 saturated heterocycles. The normalized spacial score (nSPS) is 23.5. The standard InChI is InChI=1S/C15H28ClNO/c1-12(2)7-9-14(3,4)17(16)13-8-10-18-15(5,6)11-13/h8,10,12-13H,7,9,11H2,1-6H3. The SMILES string of the molecule is CC(C)CCC(C)(C)N(Cl)C1C=COC(C)(C)C1. The summed E-state index contributed by atoms with van der Waals surface area (Å²) in [6.45, 7) is 13.2.